The van der Waals surface area contributed by atoms with E-state index < -0.39 is 6.04 Å². The highest BCUT2D eigenvalue weighted by Gasteiger charge is 2.28. The van der Waals surface area contributed by atoms with Gasteiger partial charge in [0.1, 0.15) is 6.04 Å². The highest BCUT2D eigenvalue weighted by Crippen LogP contribution is 2.16. The number of amides is 2. The molecule has 4 heteroatoms. The molecule has 0 saturated heterocycles. The molecule has 0 saturated carbocycles. The van der Waals surface area contributed by atoms with Crippen molar-refractivity contribution in [3.8, 4) is 0 Å². The van der Waals surface area contributed by atoms with E-state index in [1.807, 2.05) is 49.4 Å². The molecule has 0 aliphatic rings. The molecule has 0 fully saturated rings. The number of aryl methyl sites for hydroxylation is 2. The number of benzene rings is 2. The Morgan fingerprint density at radius 1 is 0.966 bits per heavy atom. The van der Waals surface area contributed by atoms with Crippen molar-refractivity contribution in [2.24, 2.45) is 0 Å². The summed E-state index contributed by atoms with van der Waals surface area (Å²) in [6, 6.07) is 15.5. The van der Waals surface area contributed by atoms with Crippen LogP contribution in [-0.2, 0) is 22.6 Å². The summed E-state index contributed by atoms with van der Waals surface area (Å²) >= 11 is 0. The monoisotopic (exact) mass is 394 g/mol. The van der Waals surface area contributed by atoms with E-state index >= 15 is 0 Å². The highest BCUT2D eigenvalue weighted by atomic mass is 16.2. The molecule has 0 unspecified atom stereocenters. The van der Waals surface area contributed by atoms with Gasteiger partial charge in [-0.2, -0.15) is 0 Å². The van der Waals surface area contributed by atoms with Gasteiger partial charge < -0.3 is 10.2 Å². The largest absolute Gasteiger partial charge is 0.354 e. The maximum Gasteiger partial charge on any atom is 0.242 e. The minimum absolute atomic E-state index is 0.0189. The van der Waals surface area contributed by atoms with Gasteiger partial charge in [0.15, 0.2) is 0 Å². The van der Waals surface area contributed by atoms with Gasteiger partial charge in [-0.25, -0.2) is 0 Å². The molecule has 0 radical (unpaired) electrons. The summed E-state index contributed by atoms with van der Waals surface area (Å²) in [6.45, 7) is 9.27. The number of carbonyl (C=O) groups is 2. The van der Waals surface area contributed by atoms with Gasteiger partial charge in [0, 0.05) is 13.1 Å². The molecule has 156 valence electrons. The fraction of sp³-hybridized carbons (Fsp3) is 0.440. The molecule has 0 aliphatic heterocycles. The van der Waals surface area contributed by atoms with Crippen LogP contribution in [0.2, 0.25) is 0 Å². The zero-order valence-electron chi connectivity index (χ0n) is 18.2. The zero-order chi connectivity index (χ0) is 21.2. The van der Waals surface area contributed by atoms with Crippen molar-refractivity contribution in [1.82, 2.24) is 10.2 Å². The molecular formula is C25H34N2O2. The lowest BCUT2D eigenvalue weighted by molar-refractivity contribution is -0.140. The molecule has 2 aromatic carbocycles. The van der Waals surface area contributed by atoms with Crippen LogP contribution in [0.15, 0.2) is 48.5 Å². The molecule has 2 rings (SSSR count). The predicted molar refractivity (Wildman–Crippen MR) is 119 cm³/mol. The van der Waals surface area contributed by atoms with Crippen LogP contribution in [0, 0.1) is 13.8 Å². The van der Waals surface area contributed by atoms with Crippen molar-refractivity contribution in [2.75, 3.05) is 6.54 Å². The smallest absolute Gasteiger partial charge is 0.242 e. The maximum atomic E-state index is 13.3. The molecule has 0 bridgehead atoms. The second-order valence-corrected chi connectivity index (χ2v) is 7.67. The molecule has 2 amide bonds. The normalized spacial score (nSPS) is 11.7. The topological polar surface area (TPSA) is 49.4 Å². The first-order chi connectivity index (χ1) is 14.0. The van der Waals surface area contributed by atoms with Crippen LogP contribution < -0.4 is 5.32 Å². The summed E-state index contributed by atoms with van der Waals surface area (Å²) in [5, 5.41) is 3.00. The molecule has 0 aromatic heterocycles. The number of unbranched alkanes of at least 4 members (excludes halogenated alkanes) is 1. The number of hydrogen-bond donors (Lipinski definition) is 1. The van der Waals surface area contributed by atoms with Gasteiger partial charge in [0.25, 0.3) is 0 Å². The first-order valence-corrected chi connectivity index (χ1v) is 10.6. The molecule has 1 N–H and O–H groups in total. The Labute approximate surface area is 175 Å². The van der Waals surface area contributed by atoms with Crippen molar-refractivity contribution in [2.45, 2.75) is 66.0 Å². The van der Waals surface area contributed by atoms with Crippen LogP contribution >= 0.6 is 0 Å². The fourth-order valence-corrected chi connectivity index (χ4v) is 3.40. The number of nitrogens with one attached hydrogen (secondary N) is 1. The van der Waals surface area contributed by atoms with Crippen molar-refractivity contribution < 1.29 is 9.59 Å². The molecular weight excluding hydrogens is 360 g/mol. The Kier molecular flexibility index (Phi) is 8.91. The lowest BCUT2D eigenvalue weighted by Crippen LogP contribution is -2.49. The van der Waals surface area contributed by atoms with Gasteiger partial charge in [0.2, 0.25) is 11.8 Å². The van der Waals surface area contributed by atoms with Gasteiger partial charge in [0.05, 0.1) is 6.42 Å². The summed E-state index contributed by atoms with van der Waals surface area (Å²) in [4.78, 5) is 27.9. The SMILES string of the molecule is CCCCNC(=O)[C@@H](CC)N(Cc1ccccc1)C(=O)Cc1ccc(C)c(C)c1. The van der Waals surface area contributed by atoms with Crippen LogP contribution in [0.3, 0.4) is 0 Å². The third-order valence-corrected chi connectivity index (χ3v) is 5.34. The molecule has 1 atom stereocenters. The number of hydrogen-bond acceptors (Lipinski definition) is 2. The minimum Gasteiger partial charge on any atom is -0.354 e. The fourth-order valence-electron chi connectivity index (χ4n) is 3.40. The zero-order valence-corrected chi connectivity index (χ0v) is 18.2. The second-order valence-electron chi connectivity index (χ2n) is 7.67. The van der Waals surface area contributed by atoms with Crippen LogP contribution in [0.5, 0.6) is 0 Å². The minimum atomic E-state index is -0.467. The third kappa shape index (κ3) is 6.74. The van der Waals surface area contributed by atoms with Gasteiger partial charge in [-0.05, 0) is 48.9 Å². The summed E-state index contributed by atoms with van der Waals surface area (Å²) < 4.78 is 0. The van der Waals surface area contributed by atoms with E-state index in [2.05, 4.69) is 32.2 Å². The quantitative estimate of drug-likeness (QED) is 0.600. The van der Waals surface area contributed by atoms with E-state index in [1.54, 1.807) is 4.90 Å². The molecule has 0 spiro atoms. The second kappa shape index (κ2) is 11.4. The van der Waals surface area contributed by atoms with Gasteiger partial charge in [-0.15, -0.1) is 0 Å². The Balaban J connectivity index is 2.23. The number of carbonyl (C=O) groups excluding carboxylic acids is 2. The van der Waals surface area contributed by atoms with E-state index in [-0.39, 0.29) is 11.8 Å². The first-order valence-electron chi connectivity index (χ1n) is 10.6. The Morgan fingerprint density at radius 3 is 2.31 bits per heavy atom. The standard InChI is InChI=1S/C25H34N2O2/c1-5-7-15-26-25(29)23(6-2)27(18-21-11-9-8-10-12-21)24(28)17-22-14-13-19(3)20(4)16-22/h8-14,16,23H,5-7,15,17-18H2,1-4H3,(H,26,29)/t23-/m1/s1. The maximum absolute atomic E-state index is 13.3. The van der Waals surface area contributed by atoms with E-state index in [0.717, 1.165) is 24.0 Å². The van der Waals surface area contributed by atoms with Crippen LogP contribution in [0.4, 0.5) is 0 Å². The Bertz CT molecular complexity index is 802. The molecule has 4 nitrogen and oxygen atoms in total. The average molecular weight is 395 g/mol. The van der Waals surface area contributed by atoms with Crippen molar-refractivity contribution in [1.29, 1.82) is 0 Å². The predicted octanol–water partition coefficient (Wildman–Crippen LogP) is 4.57. The molecule has 0 heterocycles. The van der Waals surface area contributed by atoms with Crippen molar-refractivity contribution in [3.05, 3.63) is 70.8 Å². The average Bonchev–Trinajstić information content (AvgIpc) is 2.71. The van der Waals surface area contributed by atoms with Gasteiger partial charge >= 0.3 is 0 Å². The van der Waals surface area contributed by atoms with Crippen LogP contribution in [0.1, 0.15) is 55.4 Å². The van der Waals surface area contributed by atoms with E-state index in [4.69, 9.17) is 0 Å². The molecule has 0 aliphatic carbocycles. The van der Waals surface area contributed by atoms with E-state index in [9.17, 15) is 9.59 Å². The summed E-state index contributed by atoms with van der Waals surface area (Å²) in [5.74, 6) is -0.0834. The van der Waals surface area contributed by atoms with Crippen LogP contribution in [-0.4, -0.2) is 29.3 Å². The molecule has 2 aromatic rings. The Morgan fingerprint density at radius 2 is 1.69 bits per heavy atom. The lowest BCUT2D eigenvalue weighted by Gasteiger charge is -2.31. The third-order valence-electron chi connectivity index (χ3n) is 5.34. The molecule has 29 heavy (non-hydrogen) atoms. The number of nitrogens with zero attached hydrogens (tertiary/aromatic N) is 1. The highest BCUT2D eigenvalue weighted by molar-refractivity contribution is 5.88. The van der Waals surface area contributed by atoms with E-state index in [1.165, 1.54) is 11.1 Å². The van der Waals surface area contributed by atoms with Gasteiger partial charge in [-0.1, -0.05) is 68.8 Å². The first kappa shape index (κ1) is 22.7. The van der Waals surface area contributed by atoms with Crippen molar-refractivity contribution >= 4 is 11.8 Å². The number of rotatable bonds is 10. The Hall–Kier alpha value is -2.62. The van der Waals surface area contributed by atoms with E-state index in [0.29, 0.717) is 25.9 Å². The summed E-state index contributed by atoms with van der Waals surface area (Å²) in [5.41, 5.74) is 4.40. The van der Waals surface area contributed by atoms with Crippen LogP contribution in [0.25, 0.3) is 0 Å². The van der Waals surface area contributed by atoms with Gasteiger partial charge in [-0.3, -0.25) is 9.59 Å². The lowest BCUT2D eigenvalue weighted by atomic mass is 10.0. The summed E-state index contributed by atoms with van der Waals surface area (Å²) in [6.07, 6.45) is 2.85. The summed E-state index contributed by atoms with van der Waals surface area (Å²) in [7, 11) is 0. The van der Waals surface area contributed by atoms with Crippen molar-refractivity contribution in [3.63, 3.8) is 0 Å².